The van der Waals surface area contributed by atoms with Gasteiger partial charge in [-0.2, -0.15) is 0 Å². The van der Waals surface area contributed by atoms with Gasteiger partial charge in [0, 0.05) is 0 Å². The van der Waals surface area contributed by atoms with Gasteiger partial charge in [0.15, 0.2) is 0 Å². The standard InChI is InChI=1S/C13H18O/c1-11(2)6-4-7-12-8-5-9-13(10-12)14-3/h5,8-10H,1,4,6-7H2,2-3H3. The molecule has 0 aliphatic rings. The summed E-state index contributed by atoms with van der Waals surface area (Å²) in [5, 5.41) is 0. The molecule has 0 heterocycles. The Hall–Kier alpha value is -1.24. The SMILES string of the molecule is C=C(C)CCCc1cccc(OC)c1. The Balaban J connectivity index is 2.46. The molecule has 0 spiro atoms. The smallest absolute Gasteiger partial charge is 0.119 e. The number of hydrogen-bond donors (Lipinski definition) is 0. The minimum Gasteiger partial charge on any atom is -0.497 e. The Morgan fingerprint density at radius 1 is 1.43 bits per heavy atom. The lowest BCUT2D eigenvalue weighted by Gasteiger charge is -2.04. The van der Waals surface area contributed by atoms with Crippen LogP contribution in [0.2, 0.25) is 0 Å². The summed E-state index contributed by atoms with van der Waals surface area (Å²) >= 11 is 0. The highest BCUT2D eigenvalue weighted by Crippen LogP contribution is 2.15. The minimum absolute atomic E-state index is 0.942. The zero-order valence-corrected chi connectivity index (χ0v) is 9.05. The van der Waals surface area contributed by atoms with E-state index in [-0.39, 0.29) is 0 Å². The second-order valence-corrected chi connectivity index (χ2v) is 3.66. The largest absolute Gasteiger partial charge is 0.497 e. The van der Waals surface area contributed by atoms with E-state index < -0.39 is 0 Å². The molecule has 0 unspecified atom stereocenters. The topological polar surface area (TPSA) is 9.23 Å². The van der Waals surface area contributed by atoms with Gasteiger partial charge in [-0.15, -0.1) is 6.58 Å². The van der Waals surface area contributed by atoms with Gasteiger partial charge in [0.2, 0.25) is 0 Å². The zero-order chi connectivity index (χ0) is 10.4. The van der Waals surface area contributed by atoms with Crippen LogP contribution in [0.25, 0.3) is 0 Å². The molecular weight excluding hydrogens is 172 g/mol. The van der Waals surface area contributed by atoms with E-state index in [0.717, 1.165) is 18.6 Å². The molecule has 76 valence electrons. The van der Waals surface area contributed by atoms with Crippen LogP contribution >= 0.6 is 0 Å². The van der Waals surface area contributed by atoms with Gasteiger partial charge in [0.25, 0.3) is 0 Å². The molecule has 0 amide bonds. The lowest BCUT2D eigenvalue weighted by atomic mass is 10.1. The molecule has 0 fully saturated rings. The van der Waals surface area contributed by atoms with Crippen molar-refractivity contribution in [3.05, 3.63) is 42.0 Å². The van der Waals surface area contributed by atoms with E-state index >= 15 is 0 Å². The zero-order valence-electron chi connectivity index (χ0n) is 9.05. The highest BCUT2D eigenvalue weighted by atomic mass is 16.5. The van der Waals surface area contributed by atoms with Crippen LogP contribution < -0.4 is 4.74 Å². The highest BCUT2D eigenvalue weighted by Gasteiger charge is 1.95. The molecule has 1 nitrogen and oxygen atoms in total. The van der Waals surface area contributed by atoms with Crippen molar-refractivity contribution in [2.24, 2.45) is 0 Å². The van der Waals surface area contributed by atoms with Crippen LogP contribution in [0.3, 0.4) is 0 Å². The van der Waals surface area contributed by atoms with Crippen molar-refractivity contribution in [2.75, 3.05) is 7.11 Å². The van der Waals surface area contributed by atoms with Gasteiger partial charge in [0.05, 0.1) is 7.11 Å². The first-order valence-corrected chi connectivity index (χ1v) is 4.99. The van der Waals surface area contributed by atoms with E-state index in [4.69, 9.17) is 4.74 Å². The quantitative estimate of drug-likeness (QED) is 0.645. The second-order valence-electron chi connectivity index (χ2n) is 3.66. The predicted molar refractivity (Wildman–Crippen MR) is 60.7 cm³/mol. The molecule has 0 aliphatic heterocycles. The molecule has 0 atom stereocenters. The Morgan fingerprint density at radius 3 is 2.86 bits per heavy atom. The van der Waals surface area contributed by atoms with Crippen molar-refractivity contribution in [3.8, 4) is 5.75 Å². The number of methoxy groups -OCH3 is 1. The molecule has 0 aliphatic carbocycles. The fourth-order valence-electron chi connectivity index (χ4n) is 1.42. The Morgan fingerprint density at radius 2 is 2.21 bits per heavy atom. The maximum atomic E-state index is 5.16. The van der Waals surface area contributed by atoms with Gasteiger partial charge in [-0.25, -0.2) is 0 Å². The third-order valence-corrected chi connectivity index (χ3v) is 2.20. The van der Waals surface area contributed by atoms with Crippen molar-refractivity contribution in [2.45, 2.75) is 26.2 Å². The molecule has 1 rings (SSSR count). The summed E-state index contributed by atoms with van der Waals surface area (Å²) in [4.78, 5) is 0. The second kappa shape index (κ2) is 5.48. The van der Waals surface area contributed by atoms with Gasteiger partial charge in [-0.3, -0.25) is 0 Å². The predicted octanol–water partition coefficient (Wildman–Crippen LogP) is 3.59. The van der Waals surface area contributed by atoms with Gasteiger partial charge >= 0.3 is 0 Å². The number of ether oxygens (including phenoxy) is 1. The van der Waals surface area contributed by atoms with Gasteiger partial charge in [-0.05, 0) is 43.9 Å². The number of rotatable bonds is 5. The summed E-state index contributed by atoms with van der Waals surface area (Å²) < 4.78 is 5.16. The maximum absolute atomic E-state index is 5.16. The molecule has 0 saturated heterocycles. The van der Waals surface area contributed by atoms with E-state index in [0.29, 0.717) is 0 Å². The van der Waals surface area contributed by atoms with Crippen LogP contribution in [0.5, 0.6) is 5.75 Å². The highest BCUT2D eigenvalue weighted by molar-refractivity contribution is 5.28. The molecule has 1 heteroatoms. The third-order valence-electron chi connectivity index (χ3n) is 2.20. The summed E-state index contributed by atoms with van der Waals surface area (Å²) in [5.74, 6) is 0.942. The Labute approximate surface area is 86.4 Å². The van der Waals surface area contributed by atoms with E-state index in [2.05, 4.69) is 25.6 Å². The van der Waals surface area contributed by atoms with Crippen molar-refractivity contribution in [1.82, 2.24) is 0 Å². The molecule has 1 aromatic rings. The number of allylic oxidation sites excluding steroid dienone is 1. The normalized spacial score (nSPS) is 9.86. The summed E-state index contributed by atoms with van der Waals surface area (Å²) in [7, 11) is 1.70. The van der Waals surface area contributed by atoms with E-state index in [9.17, 15) is 0 Å². The van der Waals surface area contributed by atoms with Gasteiger partial charge in [0.1, 0.15) is 5.75 Å². The van der Waals surface area contributed by atoms with Crippen LogP contribution in [0, 0.1) is 0 Å². The molecule has 0 bridgehead atoms. The first-order valence-electron chi connectivity index (χ1n) is 4.99. The minimum atomic E-state index is 0.942. The van der Waals surface area contributed by atoms with Crippen LogP contribution in [0.4, 0.5) is 0 Å². The third kappa shape index (κ3) is 3.65. The van der Waals surface area contributed by atoms with Crippen LogP contribution in [-0.4, -0.2) is 7.11 Å². The molecule has 0 aromatic heterocycles. The van der Waals surface area contributed by atoms with Gasteiger partial charge in [-0.1, -0.05) is 17.7 Å². The van der Waals surface area contributed by atoms with E-state index in [1.807, 2.05) is 12.1 Å². The van der Waals surface area contributed by atoms with E-state index in [1.54, 1.807) is 7.11 Å². The fourth-order valence-corrected chi connectivity index (χ4v) is 1.42. The molecule has 1 aromatic carbocycles. The van der Waals surface area contributed by atoms with Crippen LogP contribution in [0.1, 0.15) is 25.3 Å². The average Bonchev–Trinajstić information content (AvgIpc) is 2.18. The van der Waals surface area contributed by atoms with E-state index in [1.165, 1.54) is 17.6 Å². The number of benzene rings is 1. The Kier molecular flexibility index (Phi) is 4.24. The van der Waals surface area contributed by atoms with Crippen molar-refractivity contribution in [1.29, 1.82) is 0 Å². The summed E-state index contributed by atoms with van der Waals surface area (Å²) in [6, 6.07) is 8.25. The molecular formula is C13H18O. The monoisotopic (exact) mass is 190 g/mol. The first kappa shape index (κ1) is 10.8. The molecule has 0 N–H and O–H groups in total. The summed E-state index contributed by atoms with van der Waals surface area (Å²) in [6.45, 7) is 5.97. The fraction of sp³-hybridized carbons (Fsp3) is 0.385. The lowest BCUT2D eigenvalue weighted by molar-refractivity contribution is 0.414. The van der Waals surface area contributed by atoms with Crippen LogP contribution in [0.15, 0.2) is 36.4 Å². The van der Waals surface area contributed by atoms with Crippen LogP contribution in [-0.2, 0) is 6.42 Å². The first-order chi connectivity index (χ1) is 6.72. The van der Waals surface area contributed by atoms with Crippen molar-refractivity contribution in [3.63, 3.8) is 0 Å². The van der Waals surface area contributed by atoms with Crippen molar-refractivity contribution < 1.29 is 4.74 Å². The molecule has 0 saturated carbocycles. The van der Waals surface area contributed by atoms with Crippen molar-refractivity contribution >= 4 is 0 Å². The average molecular weight is 190 g/mol. The van der Waals surface area contributed by atoms with Gasteiger partial charge < -0.3 is 4.74 Å². The maximum Gasteiger partial charge on any atom is 0.119 e. The molecule has 0 radical (unpaired) electrons. The lowest BCUT2D eigenvalue weighted by Crippen LogP contribution is -1.88. The Bertz CT molecular complexity index is 302. The molecule has 14 heavy (non-hydrogen) atoms. The number of hydrogen-bond acceptors (Lipinski definition) is 1. The number of aryl methyl sites for hydroxylation is 1. The summed E-state index contributed by atoms with van der Waals surface area (Å²) in [6.07, 6.45) is 3.38. The summed E-state index contributed by atoms with van der Waals surface area (Å²) in [5.41, 5.74) is 2.60.